The van der Waals surface area contributed by atoms with Gasteiger partial charge in [0.05, 0.1) is 43.3 Å². The molecule has 2 N–H and O–H groups in total. The lowest BCUT2D eigenvalue weighted by molar-refractivity contribution is -0.0660. The van der Waals surface area contributed by atoms with Gasteiger partial charge in [0, 0.05) is 64.1 Å². The predicted molar refractivity (Wildman–Crippen MR) is 161 cm³/mol. The molecule has 11 heteroatoms. The minimum absolute atomic E-state index is 0.434. The lowest BCUT2D eigenvalue weighted by Crippen LogP contribution is -2.58. The monoisotopic (exact) mass is 567 g/mol. The Morgan fingerprint density at radius 3 is 2.40 bits per heavy atom. The Morgan fingerprint density at radius 2 is 1.74 bits per heavy atom. The number of hydrogen-bond donors (Lipinski definition) is 2. The molecule has 11 nitrogen and oxygen atoms in total. The smallest absolute Gasteiger partial charge is 0.239 e. The van der Waals surface area contributed by atoms with Crippen LogP contribution in [0.4, 0.5) is 23.1 Å². The van der Waals surface area contributed by atoms with E-state index in [-0.39, 0.29) is 0 Å². The molecule has 1 aromatic carbocycles. The van der Waals surface area contributed by atoms with Gasteiger partial charge in [0.15, 0.2) is 0 Å². The first kappa shape index (κ1) is 26.9. The molecular weight excluding hydrogens is 530 g/mol. The van der Waals surface area contributed by atoms with Crippen LogP contribution in [0.15, 0.2) is 42.6 Å². The highest BCUT2D eigenvalue weighted by molar-refractivity contribution is 5.70. The second-order valence-electron chi connectivity index (χ2n) is 11.8. The zero-order valence-electron chi connectivity index (χ0n) is 24.1. The van der Waals surface area contributed by atoms with E-state index in [4.69, 9.17) is 19.4 Å². The third kappa shape index (κ3) is 5.22. The van der Waals surface area contributed by atoms with Crippen molar-refractivity contribution in [3.05, 3.63) is 48.2 Å². The average Bonchev–Trinajstić information content (AvgIpc) is 3.00. The molecule has 0 bridgehead atoms. The van der Waals surface area contributed by atoms with E-state index in [1.54, 1.807) is 13.3 Å². The van der Waals surface area contributed by atoms with E-state index < -0.39 is 0 Å². The average molecular weight is 568 g/mol. The molecule has 0 aliphatic carbocycles. The fourth-order valence-electron chi connectivity index (χ4n) is 6.46. The summed E-state index contributed by atoms with van der Waals surface area (Å²) in [6.07, 6.45) is 4.06. The lowest BCUT2D eigenvalue weighted by atomic mass is 9.73. The van der Waals surface area contributed by atoms with Crippen LogP contribution in [0.25, 0.3) is 11.3 Å². The largest absolute Gasteiger partial charge is 0.479 e. The summed E-state index contributed by atoms with van der Waals surface area (Å²) in [6.45, 7) is 9.75. The molecule has 2 aromatic heterocycles. The van der Waals surface area contributed by atoms with Crippen molar-refractivity contribution in [1.29, 1.82) is 5.26 Å². The number of hydrogen-bond acceptors (Lipinski definition) is 11. The van der Waals surface area contributed by atoms with Gasteiger partial charge in [0.2, 0.25) is 11.8 Å². The van der Waals surface area contributed by atoms with Gasteiger partial charge in [-0.25, -0.2) is 9.97 Å². The second kappa shape index (κ2) is 11.4. The van der Waals surface area contributed by atoms with Crippen LogP contribution < -0.4 is 25.2 Å². The highest BCUT2D eigenvalue weighted by atomic mass is 16.5. The maximum Gasteiger partial charge on any atom is 0.239 e. The zero-order chi connectivity index (χ0) is 28.5. The first-order valence-corrected chi connectivity index (χ1v) is 14.9. The quantitative estimate of drug-likeness (QED) is 0.439. The highest BCUT2D eigenvalue weighted by Crippen LogP contribution is 2.38. The third-order valence-electron chi connectivity index (χ3n) is 9.30. The molecule has 4 saturated heterocycles. The van der Waals surface area contributed by atoms with Crippen molar-refractivity contribution >= 4 is 23.1 Å². The van der Waals surface area contributed by atoms with Crippen LogP contribution in [0.3, 0.4) is 0 Å². The summed E-state index contributed by atoms with van der Waals surface area (Å²) in [4.78, 5) is 21.1. The Balaban J connectivity index is 1.04. The number of ether oxygens (including phenoxy) is 2. The molecule has 0 saturated carbocycles. The first-order valence-electron chi connectivity index (χ1n) is 14.9. The molecule has 4 aliphatic rings. The predicted octanol–water partition coefficient (Wildman–Crippen LogP) is 2.87. The van der Waals surface area contributed by atoms with E-state index >= 15 is 0 Å². The standard InChI is InChI=1S/C31H37N9O2/c1-41-29-27(40-14-12-38(13-15-40)24-18-42-19-24)4-5-28(36-29)37-30-34-9-6-25(35-30)22-2-3-26(23(16-22)17-32)39-10-7-31(8-11-39)20-33-21-31/h2-6,9,16,24,33H,7-8,10-15,18-21H2,1H3,(H,34,35,36,37). The maximum atomic E-state index is 9.98. The molecule has 218 valence electrons. The number of pyridine rings is 1. The molecule has 42 heavy (non-hydrogen) atoms. The lowest BCUT2D eigenvalue weighted by Gasteiger charge is -2.49. The fourth-order valence-corrected chi connectivity index (χ4v) is 6.46. The van der Waals surface area contributed by atoms with Crippen molar-refractivity contribution in [3.8, 4) is 23.2 Å². The van der Waals surface area contributed by atoms with Gasteiger partial charge >= 0.3 is 0 Å². The van der Waals surface area contributed by atoms with E-state index in [9.17, 15) is 5.26 Å². The summed E-state index contributed by atoms with van der Waals surface area (Å²) in [5.41, 5.74) is 4.75. The van der Waals surface area contributed by atoms with Crippen LogP contribution in [0, 0.1) is 16.7 Å². The number of piperidine rings is 1. The topological polar surface area (TPSA) is 115 Å². The van der Waals surface area contributed by atoms with Gasteiger partial charge in [0.1, 0.15) is 17.6 Å². The van der Waals surface area contributed by atoms with Gasteiger partial charge in [-0.05, 0) is 48.6 Å². The number of nitrogens with zero attached hydrogens (tertiary/aromatic N) is 7. The minimum atomic E-state index is 0.434. The van der Waals surface area contributed by atoms with Crippen molar-refractivity contribution in [2.75, 3.05) is 87.8 Å². The van der Waals surface area contributed by atoms with Crippen molar-refractivity contribution in [1.82, 2.24) is 25.2 Å². The molecule has 6 heterocycles. The summed E-state index contributed by atoms with van der Waals surface area (Å²) in [6, 6.07) is 14.9. The van der Waals surface area contributed by atoms with Gasteiger partial charge in [-0.1, -0.05) is 6.07 Å². The molecule has 1 spiro atoms. The van der Waals surface area contributed by atoms with Gasteiger partial charge in [-0.2, -0.15) is 10.2 Å². The van der Waals surface area contributed by atoms with Crippen molar-refractivity contribution in [3.63, 3.8) is 0 Å². The number of rotatable bonds is 7. The normalized spacial score (nSPS) is 20.5. The third-order valence-corrected chi connectivity index (χ3v) is 9.30. The Morgan fingerprint density at radius 1 is 0.976 bits per heavy atom. The van der Waals surface area contributed by atoms with Crippen molar-refractivity contribution < 1.29 is 9.47 Å². The number of nitrogens with one attached hydrogen (secondary N) is 2. The van der Waals surface area contributed by atoms with Crippen molar-refractivity contribution in [2.24, 2.45) is 5.41 Å². The van der Waals surface area contributed by atoms with E-state index in [2.05, 4.69) is 42.5 Å². The van der Waals surface area contributed by atoms with Crippen LogP contribution in [0.5, 0.6) is 5.88 Å². The molecule has 0 atom stereocenters. The van der Waals surface area contributed by atoms with Gasteiger partial charge in [-0.15, -0.1) is 0 Å². The molecule has 4 fully saturated rings. The van der Waals surface area contributed by atoms with Gasteiger partial charge in [-0.3, -0.25) is 4.90 Å². The van der Waals surface area contributed by atoms with Crippen LogP contribution in [0.1, 0.15) is 18.4 Å². The molecule has 4 aliphatic heterocycles. The summed E-state index contributed by atoms with van der Waals surface area (Å²) >= 11 is 0. The minimum Gasteiger partial charge on any atom is -0.479 e. The van der Waals surface area contributed by atoms with Crippen LogP contribution in [-0.4, -0.2) is 98.6 Å². The van der Waals surface area contributed by atoms with Crippen LogP contribution in [-0.2, 0) is 4.74 Å². The van der Waals surface area contributed by atoms with Crippen LogP contribution >= 0.6 is 0 Å². The molecule has 0 unspecified atom stereocenters. The number of piperazine rings is 1. The molecular formula is C31H37N9O2. The number of anilines is 4. The van der Waals surface area contributed by atoms with E-state index in [1.807, 2.05) is 30.3 Å². The summed E-state index contributed by atoms with van der Waals surface area (Å²) in [5, 5.41) is 16.6. The molecule has 3 aromatic rings. The number of methoxy groups -OCH3 is 1. The van der Waals surface area contributed by atoms with E-state index in [0.717, 1.165) is 88.2 Å². The van der Waals surface area contributed by atoms with Gasteiger partial charge < -0.3 is 29.9 Å². The highest BCUT2D eigenvalue weighted by Gasteiger charge is 2.40. The molecule has 7 rings (SSSR count). The maximum absolute atomic E-state index is 9.98. The number of nitriles is 1. The van der Waals surface area contributed by atoms with Crippen molar-refractivity contribution in [2.45, 2.75) is 18.9 Å². The second-order valence-corrected chi connectivity index (χ2v) is 11.8. The molecule has 0 radical (unpaired) electrons. The molecule has 0 amide bonds. The summed E-state index contributed by atoms with van der Waals surface area (Å²) < 4.78 is 11.0. The number of benzene rings is 1. The zero-order valence-corrected chi connectivity index (χ0v) is 24.1. The van der Waals surface area contributed by atoms with E-state index in [1.165, 1.54) is 12.8 Å². The number of aromatic nitrogens is 3. The summed E-state index contributed by atoms with van der Waals surface area (Å²) in [7, 11) is 1.65. The Kier molecular flexibility index (Phi) is 7.27. The SMILES string of the molecule is COc1nc(Nc2nccc(-c3ccc(N4CCC5(CC4)CNC5)c(C#N)c3)n2)ccc1N1CCN(C2COC2)CC1. The Labute approximate surface area is 246 Å². The first-order chi connectivity index (χ1) is 20.6. The van der Waals surface area contributed by atoms with Gasteiger partial charge in [0.25, 0.3) is 0 Å². The summed E-state index contributed by atoms with van der Waals surface area (Å²) in [5.74, 6) is 1.61. The van der Waals surface area contributed by atoms with E-state index in [0.29, 0.717) is 34.7 Å². The van der Waals surface area contributed by atoms with Crippen LogP contribution in [0.2, 0.25) is 0 Å². The Hall–Kier alpha value is -3.98. The Bertz CT molecular complexity index is 1470. The fraction of sp³-hybridized carbons (Fsp3) is 0.484.